The third-order valence-corrected chi connectivity index (χ3v) is 4.35. The number of nitro benzene ring substituents is 2. The molecule has 0 heterocycles. The maximum absolute atomic E-state index is 14.0. The van der Waals surface area contributed by atoms with Crippen LogP contribution in [0.4, 0.5) is 15.8 Å². The largest absolute Gasteiger partial charge is 0.493 e. The van der Waals surface area contributed by atoms with Crippen LogP contribution < -0.4 is 9.47 Å². The van der Waals surface area contributed by atoms with Gasteiger partial charge in [0.25, 0.3) is 5.69 Å². The highest BCUT2D eigenvalue weighted by Gasteiger charge is 2.22. The fourth-order valence-electron chi connectivity index (χ4n) is 2.84. The molecule has 3 aromatic carbocycles. The van der Waals surface area contributed by atoms with E-state index in [1.54, 1.807) is 12.1 Å². The molecule has 3 rings (SSSR count). The Morgan fingerprint density at radius 1 is 1.00 bits per heavy atom. The predicted octanol–water partition coefficient (Wildman–Crippen LogP) is 5.51. The van der Waals surface area contributed by atoms with Crippen molar-refractivity contribution >= 4 is 23.0 Å². The molecule has 0 atom stereocenters. The normalized spacial score (nSPS) is 10.8. The molecule has 0 unspecified atom stereocenters. The van der Waals surface area contributed by atoms with E-state index in [2.05, 4.69) is 0 Å². The van der Waals surface area contributed by atoms with Gasteiger partial charge in [0, 0.05) is 11.6 Å². The molecule has 9 nitrogen and oxygen atoms in total. The van der Waals surface area contributed by atoms with Gasteiger partial charge in [0.05, 0.1) is 34.7 Å². The Bertz CT molecular complexity index is 1280. The number of nitriles is 1. The summed E-state index contributed by atoms with van der Waals surface area (Å²) in [4.78, 5) is 20.7. The minimum Gasteiger partial charge on any atom is -0.493 e. The number of non-ortho nitro benzene ring substituents is 1. The Labute approximate surface area is 180 Å². The summed E-state index contributed by atoms with van der Waals surface area (Å²) in [7, 11) is 1.35. The summed E-state index contributed by atoms with van der Waals surface area (Å²) in [6.07, 6.45) is 1.46. The first kappa shape index (κ1) is 21.9. The molecule has 160 valence electrons. The SMILES string of the molecule is COc1cc(/C=C(/C#N)c2ccccc2F)ccc1Oc1ccc([N+](=O)[O-])cc1[N+](=O)[O-]. The minimum absolute atomic E-state index is 0.0878. The summed E-state index contributed by atoms with van der Waals surface area (Å²) >= 11 is 0. The van der Waals surface area contributed by atoms with Crippen LogP contribution >= 0.6 is 0 Å². The van der Waals surface area contributed by atoms with Gasteiger partial charge in [-0.25, -0.2) is 4.39 Å². The molecule has 0 radical (unpaired) electrons. The van der Waals surface area contributed by atoms with Crippen molar-refractivity contribution < 1.29 is 23.7 Å². The Balaban J connectivity index is 1.98. The van der Waals surface area contributed by atoms with E-state index in [1.807, 2.05) is 6.07 Å². The van der Waals surface area contributed by atoms with Crippen molar-refractivity contribution in [2.24, 2.45) is 0 Å². The number of benzene rings is 3. The van der Waals surface area contributed by atoms with Crippen LogP contribution in [-0.2, 0) is 0 Å². The average Bonchev–Trinajstić information content (AvgIpc) is 2.78. The van der Waals surface area contributed by atoms with E-state index < -0.39 is 27.0 Å². The molecule has 0 fully saturated rings. The second kappa shape index (κ2) is 9.36. The zero-order valence-corrected chi connectivity index (χ0v) is 16.5. The van der Waals surface area contributed by atoms with Gasteiger partial charge in [0.2, 0.25) is 5.75 Å². The summed E-state index contributed by atoms with van der Waals surface area (Å²) in [5.41, 5.74) is -0.321. The number of hydrogen-bond acceptors (Lipinski definition) is 7. The lowest BCUT2D eigenvalue weighted by Gasteiger charge is -2.11. The van der Waals surface area contributed by atoms with E-state index in [4.69, 9.17) is 9.47 Å². The monoisotopic (exact) mass is 435 g/mol. The van der Waals surface area contributed by atoms with Crippen molar-refractivity contribution in [1.29, 1.82) is 5.26 Å². The Morgan fingerprint density at radius 2 is 1.72 bits per heavy atom. The lowest BCUT2D eigenvalue weighted by Crippen LogP contribution is -1.97. The van der Waals surface area contributed by atoms with Crippen molar-refractivity contribution in [2.75, 3.05) is 7.11 Å². The van der Waals surface area contributed by atoms with Gasteiger partial charge in [-0.2, -0.15) is 5.26 Å². The highest BCUT2D eigenvalue weighted by molar-refractivity contribution is 5.90. The van der Waals surface area contributed by atoms with Gasteiger partial charge in [0.1, 0.15) is 5.82 Å². The molecular weight excluding hydrogens is 421 g/mol. The fourth-order valence-corrected chi connectivity index (χ4v) is 2.84. The van der Waals surface area contributed by atoms with Crippen molar-refractivity contribution in [3.63, 3.8) is 0 Å². The first-order valence-corrected chi connectivity index (χ1v) is 8.99. The average molecular weight is 435 g/mol. The van der Waals surface area contributed by atoms with Gasteiger partial charge in [-0.1, -0.05) is 24.3 Å². The summed E-state index contributed by atoms with van der Waals surface area (Å²) in [5.74, 6) is -0.479. The summed E-state index contributed by atoms with van der Waals surface area (Å²) in [5, 5.41) is 31.6. The second-order valence-corrected chi connectivity index (χ2v) is 6.33. The number of methoxy groups -OCH3 is 1. The first-order valence-electron chi connectivity index (χ1n) is 8.99. The van der Waals surface area contributed by atoms with Gasteiger partial charge in [-0.15, -0.1) is 0 Å². The predicted molar refractivity (Wildman–Crippen MR) is 113 cm³/mol. The van der Waals surface area contributed by atoms with Crippen molar-refractivity contribution in [1.82, 2.24) is 0 Å². The number of ether oxygens (including phenoxy) is 2. The van der Waals surface area contributed by atoms with Gasteiger partial charge in [0.15, 0.2) is 11.5 Å². The summed E-state index contributed by atoms with van der Waals surface area (Å²) in [6.45, 7) is 0. The molecule has 0 aromatic heterocycles. The molecule has 32 heavy (non-hydrogen) atoms. The second-order valence-electron chi connectivity index (χ2n) is 6.33. The zero-order valence-electron chi connectivity index (χ0n) is 16.5. The number of hydrogen-bond donors (Lipinski definition) is 0. The third-order valence-electron chi connectivity index (χ3n) is 4.35. The summed E-state index contributed by atoms with van der Waals surface area (Å²) in [6, 6.07) is 15.3. The Morgan fingerprint density at radius 3 is 2.34 bits per heavy atom. The highest BCUT2D eigenvalue weighted by Crippen LogP contribution is 2.38. The molecule has 0 aliphatic heterocycles. The molecule has 0 N–H and O–H groups in total. The molecule has 0 spiro atoms. The van der Waals surface area contributed by atoms with Gasteiger partial charge in [-0.05, 0) is 35.9 Å². The first-order chi connectivity index (χ1) is 15.3. The van der Waals surface area contributed by atoms with Crippen LogP contribution in [0.5, 0.6) is 17.2 Å². The molecule has 10 heteroatoms. The molecule has 0 saturated carbocycles. The maximum Gasteiger partial charge on any atom is 0.318 e. The third kappa shape index (κ3) is 4.68. The molecule has 0 aliphatic carbocycles. The number of nitro groups is 2. The fraction of sp³-hybridized carbons (Fsp3) is 0.0455. The number of halogens is 1. The lowest BCUT2D eigenvalue weighted by molar-refractivity contribution is -0.394. The Kier molecular flexibility index (Phi) is 6.41. The van der Waals surface area contributed by atoms with Gasteiger partial charge < -0.3 is 9.47 Å². The van der Waals surface area contributed by atoms with Crippen LogP contribution in [0, 0.1) is 37.4 Å². The van der Waals surface area contributed by atoms with Crippen LogP contribution in [0.3, 0.4) is 0 Å². The molecule has 3 aromatic rings. The van der Waals surface area contributed by atoms with Crippen molar-refractivity contribution in [3.8, 4) is 23.3 Å². The standard InChI is InChI=1S/C22H14FN3O6/c1-31-22-11-14(10-15(13-24)17-4-2-3-5-18(17)23)6-8-21(22)32-20-9-7-16(25(27)28)12-19(20)26(29)30/h2-12H,1H3/b15-10-. The van der Waals surface area contributed by atoms with Gasteiger partial charge in [-0.3, -0.25) is 20.2 Å². The molecule has 0 bridgehead atoms. The zero-order chi connectivity index (χ0) is 23.3. The maximum atomic E-state index is 14.0. The van der Waals surface area contributed by atoms with Crippen LogP contribution in [0.2, 0.25) is 0 Å². The van der Waals surface area contributed by atoms with E-state index in [0.717, 1.165) is 18.2 Å². The van der Waals surface area contributed by atoms with Crippen LogP contribution in [0.15, 0.2) is 60.7 Å². The van der Waals surface area contributed by atoms with Crippen molar-refractivity contribution in [2.45, 2.75) is 0 Å². The molecule has 0 aliphatic rings. The molecular formula is C22H14FN3O6. The van der Waals surface area contributed by atoms with E-state index in [1.165, 1.54) is 43.5 Å². The van der Waals surface area contributed by atoms with E-state index >= 15 is 0 Å². The minimum atomic E-state index is -0.792. The molecule has 0 saturated heterocycles. The highest BCUT2D eigenvalue weighted by atomic mass is 19.1. The quantitative estimate of drug-likeness (QED) is 0.207. The number of allylic oxidation sites excluding steroid dienone is 1. The number of rotatable bonds is 7. The van der Waals surface area contributed by atoms with E-state index in [9.17, 15) is 29.9 Å². The number of nitrogens with zero attached hydrogens (tertiary/aromatic N) is 3. The topological polar surface area (TPSA) is 129 Å². The van der Waals surface area contributed by atoms with E-state index in [0.29, 0.717) is 5.56 Å². The summed E-state index contributed by atoms with van der Waals surface area (Å²) < 4.78 is 24.9. The lowest BCUT2D eigenvalue weighted by atomic mass is 10.0. The van der Waals surface area contributed by atoms with Crippen LogP contribution in [0.25, 0.3) is 11.6 Å². The molecule has 0 amide bonds. The smallest absolute Gasteiger partial charge is 0.318 e. The van der Waals surface area contributed by atoms with Crippen LogP contribution in [0.1, 0.15) is 11.1 Å². The van der Waals surface area contributed by atoms with E-state index in [-0.39, 0.29) is 28.4 Å². The Hall–Kier alpha value is -4.78. The van der Waals surface area contributed by atoms with Crippen molar-refractivity contribution in [3.05, 3.63) is 97.8 Å². The van der Waals surface area contributed by atoms with Crippen LogP contribution in [-0.4, -0.2) is 17.0 Å². The van der Waals surface area contributed by atoms with Gasteiger partial charge >= 0.3 is 5.69 Å².